The number of para-hydroxylation sites is 1. The topological polar surface area (TPSA) is 57.6 Å². The summed E-state index contributed by atoms with van der Waals surface area (Å²) in [6.07, 6.45) is 0. The van der Waals surface area contributed by atoms with Crippen LogP contribution < -0.4 is 4.90 Å². The van der Waals surface area contributed by atoms with Crippen LogP contribution in [0.2, 0.25) is 0 Å². The SMILES string of the molecule is [2H]CC(=O)N(CC(=O)O)c1ccccc1. The minimum Gasteiger partial charge on any atom is -0.480 e. The van der Waals surface area contributed by atoms with E-state index in [0.717, 1.165) is 4.90 Å². The molecule has 0 saturated carbocycles. The van der Waals surface area contributed by atoms with Crippen LogP contribution in [0.5, 0.6) is 0 Å². The standard InChI is InChI=1S/C10H11NO3/c1-8(12)11(7-10(13)14)9-5-3-2-4-6-9/h2-6H,7H2,1H3,(H,13,14)/i1D. The molecule has 1 aromatic carbocycles. The molecule has 0 aromatic heterocycles. The lowest BCUT2D eigenvalue weighted by Crippen LogP contribution is -2.33. The average Bonchev–Trinajstić information content (AvgIpc) is 2.26. The second-order valence-electron chi connectivity index (χ2n) is 2.71. The molecule has 0 aliphatic carbocycles. The molecule has 0 saturated heterocycles. The van der Waals surface area contributed by atoms with Crippen molar-refractivity contribution in [1.29, 1.82) is 0 Å². The molecule has 0 heterocycles. The Hall–Kier alpha value is -1.84. The van der Waals surface area contributed by atoms with Crippen molar-refractivity contribution < 1.29 is 16.1 Å². The fraction of sp³-hybridized carbons (Fsp3) is 0.200. The van der Waals surface area contributed by atoms with E-state index in [2.05, 4.69) is 0 Å². The van der Waals surface area contributed by atoms with Gasteiger partial charge in [-0.3, -0.25) is 9.59 Å². The summed E-state index contributed by atoms with van der Waals surface area (Å²) in [6.45, 7) is -0.871. The number of nitrogens with zero attached hydrogens (tertiary/aromatic N) is 1. The molecule has 0 aliphatic heterocycles. The van der Waals surface area contributed by atoms with Gasteiger partial charge >= 0.3 is 5.97 Å². The molecular formula is C10H11NO3. The number of hydrogen-bond acceptors (Lipinski definition) is 2. The molecule has 0 radical (unpaired) electrons. The molecule has 0 fully saturated rings. The number of benzene rings is 1. The second kappa shape index (κ2) is 4.41. The molecule has 0 unspecified atom stereocenters. The van der Waals surface area contributed by atoms with Crippen LogP contribution in [-0.4, -0.2) is 23.5 Å². The van der Waals surface area contributed by atoms with Crippen molar-refractivity contribution in [2.45, 2.75) is 6.90 Å². The molecular weight excluding hydrogens is 182 g/mol. The fourth-order valence-corrected chi connectivity index (χ4v) is 1.07. The van der Waals surface area contributed by atoms with Gasteiger partial charge in [0.05, 0.1) is 0 Å². The maximum Gasteiger partial charge on any atom is 0.323 e. The van der Waals surface area contributed by atoms with E-state index in [-0.39, 0.29) is 0 Å². The van der Waals surface area contributed by atoms with E-state index in [4.69, 9.17) is 6.48 Å². The Morgan fingerprint density at radius 3 is 2.57 bits per heavy atom. The van der Waals surface area contributed by atoms with Crippen LogP contribution in [0.15, 0.2) is 30.3 Å². The van der Waals surface area contributed by atoms with E-state index in [1.165, 1.54) is 0 Å². The Morgan fingerprint density at radius 2 is 2.07 bits per heavy atom. The lowest BCUT2D eigenvalue weighted by molar-refractivity contribution is -0.136. The number of carboxylic acid groups (broad SMARTS) is 1. The zero-order valence-corrected chi connectivity index (χ0v) is 7.51. The highest BCUT2D eigenvalue weighted by atomic mass is 16.4. The molecule has 4 nitrogen and oxygen atoms in total. The van der Waals surface area contributed by atoms with E-state index >= 15 is 0 Å². The van der Waals surface area contributed by atoms with Gasteiger partial charge in [-0.15, -0.1) is 0 Å². The molecule has 0 atom stereocenters. The Morgan fingerprint density at radius 1 is 1.43 bits per heavy atom. The van der Waals surface area contributed by atoms with Gasteiger partial charge in [0, 0.05) is 14.0 Å². The smallest absolute Gasteiger partial charge is 0.323 e. The highest BCUT2D eigenvalue weighted by Crippen LogP contribution is 2.12. The summed E-state index contributed by atoms with van der Waals surface area (Å²) in [4.78, 5) is 23.0. The first kappa shape index (κ1) is 8.74. The molecule has 1 N–H and O–H groups in total. The number of carbonyl (C=O) groups is 2. The summed E-state index contributed by atoms with van der Waals surface area (Å²) in [5.41, 5.74) is 0.497. The van der Waals surface area contributed by atoms with Gasteiger partial charge in [0.2, 0.25) is 5.91 Å². The normalized spacial score (nSPS) is 10.4. The summed E-state index contributed by atoms with van der Waals surface area (Å²) in [5, 5.41) is 8.63. The summed E-state index contributed by atoms with van der Waals surface area (Å²) in [6, 6.07) is 8.46. The molecule has 1 amide bonds. The zero-order chi connectivity index (χ0) is 11.3. The van der Waals surface area contributed by atoms with Gasteiger partial charge in [-0.05, 0) is 12.1 Å². The van der Waals surface area contributed by atoms with Crippen molar-refractivity contribution in [3.63, 3.8) is 0 Å². The number of rotatable bonds is 3. The van der Waals surface area contributed by atoms with E-state index in [1.54, 1.807) is 30.3 Å². The van der Waals surface area contributed by atoms with Gasteiger partial charge in [-0.1, -0.05) is 18.2 Å². The number of carbonyl (C=O) groups excluding carboxylic acids is 1. The third-order valence-corrected chi connectivity index (χ3v) is 1.66. The van der Waals surface area contributed by atoms with E-state index in [1.807, 2.05) is 0 Å². The third kappa shape index (κ3) is 2.58. The Kier molecular flexibility index (Phi) is 2.76. The molecule has 0 spiro atoms. The first-order valence-corrected chi connectivity index (χ1v) is 4.01. The van der Waals surface area contributed by atoms with Gasteiger partial charge in [0.1, 0.15) is 6.54 Å². The summed E-state index contributed by atoms with van der Waals surface area (Å²) >= 11 is 0. The maximum atomic E-state index is 11.3. The minimum atomic E-state index is -1.10. The molecule has 4 heteroatoms. The lowest BCUT2D eigenvalue weighted by Gasteiger charge is -2.18. The summed E-state index contributed by atoms with van der Waals surface area (Å²) in [7, 11) is 0. The van der Waals surface area contributed by atoms with Crippen molar-refractivity contribution in [3.05, 3.63) is 30.3 Å². The van der Waals surface area contributed by atoms with Gasteiger partial charge < -0.3 is 10.0 Å². The number of amides is 1. The van der Waals surface area contributed by atoms with Crippen LogP contribution in [0.4, 0.5) is 5.69 Å². The van der Waals surface area contributed by atoms with Crippen molar-refractivity contribution in [2.24, 2.45) is 0 Å². The third-order valence-electron chi connectivity index (χ3n) is 1.66. The highest BCUT2D eigenvalue weighted by molar-refractivity contribution is 5.95. The van der Waals surface area contributed by atoms with Crippen LogP contribution in [-0.2, 0) is 9.59 Å². The first-order valence-electron chi connectivity index (χ1n) is 4.72. The van der Waals surface area contributed by atoms with Crippen LogP contribution in [0.1, 0.15) is 8.27 Å². The molecule has 0 bridgehead atoms. The van der Waals surface area contributed by atoms with E-state index < -0.39 is 25.3 Å². The van der Waals surface area contributed by atoms with Crippen LogP contribution in [0, 0.1) is 0 Å². The lowest BCUT2D eigenvalue weighted by atomic mass is 10.3. The van der Waals surface area contributed by atoms with E-state index in [9.17, 15) is 9.59 Å². The number of anilines is 1. The Labute approximate surface area is 83.2 Å². The number of hydrogen-bond donors (Lipinski definition) is 1. The van der Waals surface area contributed by atoms with Crippen LogP contribution in [0.25, 0.3) is 0 Å². The second-order valence-corrected chi connectivity index (χ2v) is 2.71. The number of aliphatic carboxylic acids is 1. The highest BCUT2D eigenvalue weighted by Gasteiger charge is 2.13. The predicted molar refractivity (Wildman–Crippen MR) is 52.1 cm³/mol. The monoisotopic (exact) mass is 194 g/mol. The molecule has 14 heavy (non-hydrogen) atoms. The largest absolute Gasteiger partial charge is 0.480 e. The zero-order valence-electron chi connectivity index (χ0n) is 8.51. The van der Waals surface area contributed by atoms with E-state index in [0.29, 0.717) is 5.69 Å². The van der Waals surface area contributed by atoms with Gasteiger partial charge in [-0.25, -0.2) is 0 Å². The molecule has 0 aliphatic rings. The quantitative estimate of drug-likeness (QED) is 0.784. The van der Waals surface area contributed by atoms with Crippen molar-refractivity contribution in [1.82, 2.24) is 0 Å². The first-order chi connectivity index (χ1) is 7.15. The molecule has 74 valence electrons. The van der Waals surface area contributed by atoms with Crippen molar-refractivity contribution >= 4 is 17.6 Å². The fourth-order valence-electron chi connectivity index (χ4n) is 1.07. The molecule has 1 aromatic rings. The Balaban J connectivity index is 2.91. The van der Waals surface area contributed by atoms with Crippen molar-refractivity contribution in [3.8, 4) is 0 Å². The summed E-state index contributed by atoms with van der Waals surface area (Å²) < 4.78 is 6.95. The molecule has 1 rings (SSSR count). The van der Waals surface area contributed by atoms with Crippen LogP contribution >= 0.6 is 0 Å². The average molecular weight is 194 g/mol. The van der Waals surface area contributed by atoms with Crippen LogP contribution in [0.3, 0.4) is 0 Å². The Bertz CT molecular complexity index is 353. The summed E-state index contributed by atoms with van der Waals surface area (Å²) in [5.74, 6) is -1.62. The van der Waals surface area contributed by atoms with Gasteiger partial charge in [0.15, 0.2) is 0 Å². The minimum absolute atomic E-state index is 0.415. The van der Waals surface area contributed by atoms with Gasteiger partial charge in [0.25, 0.3) is 0 Å². The number of carboxylic acids is 1. The maximum absolute atomic E-state index is 11.3. The van der Waals surface area contributed by atoms with Crippen molar-refractivity contribution in [2.75, 3.05) is 11.4 Å². The van der Waals surface area contributed by atoms with Gasteiger partial charge in [-0.2, -0.15) is 0 Å². The predicted octanol–water partition coefficient (Wildman–Crippen LogP) is 1.12.